The molecule has 6 nitrogen and oxygen atoms in total. The summed E-state index contributed by atoms with van der Waals surface area (Å²) >= 11 is 0. The number of benzene rings is 14. The van der Waals surface area contributed by atoms with E-state index in [1.165, 1.54) is 39.0 Å². The van der Waals surface area contributed by atoms with Gasteiger partial charge < -0.3 is 9.47 Å². The summed E-state index contributed by atoms with van der Waals surface area (Å²) < 4.78 is 14.1. The Labute approximate surface area is 615 Å². The fourth-order valence-electron chi connectivity index (χ4n) is 18.2. The molecule has 2 aromatic heterocycles. The molecule has 4 heterocycles. The zero-order valence-electron chi connectivity index (χ0n) is 57.6. The minimum atomic E-state index is -0.671. The maximum Gasteiger partial charge on any atom is 0.160 e. The summed E-state index contributed by atoms with van der Waals surface area (Å²) in [5, 5.41) is 0. The van der Waals surface area contributed by atoms with Crippen LogP contribution in [0.15, 0.2) is 376 Å². The van der Waals surface area contributed by atoms with Crippen LogP contribution in [0.2, 0.25) is 0 Å². The summed E-state index contributed by atoms with van der Waals surface area (Å²) in [6.45, 7) is 0. The van der Waals surface area contributed by atoms with E-state index in [1.54, 1.807) is 0 Å². The molecule has 0 N–H and O–H groups in total. The quantitative estimate of drug-likeness (QED) is 0.136. The van der Waals surface area contributed by atoms with Crippen LogP contribution in [0.5, 0.6) is 23.0 Å². The van der Waals surface area contributed by atoms with Gasteiger partial charge in [-0.25, -0.2) is 19.9 Å². The smallest absolute Gasteiger partial charge is 0.160 e. The van der Waals surface area contributed by atoms with E-state index in [4.69, 9.17) is 29.4 Å². The van der Waals surface area contributed by atoms with E-state index >= 15 is 0 Å². The Bertz CT molecular complexity index is 6270. The Morgan fingerprint density at radius 2 is 0.642 bits per heavy atom. The van der Waals surface area contributed by atoms with Gasteiger partial charge in [0.2, 0.25) is 0 Å². The number of ether oxygens (including phenoxy) is 2. The Kier molecular flexibility index (Phi) is 14.1. The van der Waals surface area contributed by atoms with Crippen LogP contribution >= 0.6 is 0 Å². The second-order valence-electron chi connectivity index (χ2n) is 28.1. The molecule has 0 amide bonds. The molecule has 3 aliphatic carbocycles. The molecule has 0 saturated carbocycles. The van der Waals surface area contributed by atoms with Gasteiger partial charge in [0.05, 0.1) is 33.6 Å². The van der Waals surface area contributed by atoms with E-state index < -0.39 is 10.8 Å². The first-order valence-corrected chi connectivity index (χ1v) is 36.4. The Morgan fingerprint density at radius 3 is 1.22 bits per heavy atom. The van der Waals surface area contributed by atoms with Crippen LogP contribution in [0.1, 0.15) is 56.0 Å². The van der Waals surface area contributed by atoms with Crippen LogP contribution in [0, 0.1) is 5.92 Å². The average Bonchev–Trinajstić information content (AvgIpc) is 1.51. The van der Waals surface area contributed by atoms with Crippen molar-refractivity contribution < 1.29 is 9.47 Å². The molecule has 2 aliphatic heterocycles. The molecule has 3 unspecified atom stereocenters. The Balaban J connectivity index is 0.679. The van der Waals surface area contributed by atoms with Crippen molar-refractivity contribution in [2.75, 3.05) is 0 Å². The summed E-state index contributed by atoms with van der Waals surface area (Å²) in [5.41, 5.74) is 28.8. The van der Waals surface area contributed by atoms with E-state index in [2.05, 4.69) is 364 Å². The molecule has 0 fully saturated rings. The van der Waals surface area contributed by atoms with Crippen molar-refractivity contribution in [1.29, 1.82) is 0 Å². The van der Waals surface area contributed by atoms with Crippen molar-refractivity contribution >= 4 is 5.57 Å². The van der Waals surface area contributed by atoms with Gasteiger partial charge in [-0.2, -0.15) is 0 Å². The van der Waals surface area contributed by atoms with E-state index in [9.17, 15) is 0 Å². The van der Waals surface area contributed by atoms with Gasteiger partial charge in [-0.1, -0.05) is 322 Å². The lowest BCUT2D eigenvalue weighted by molar-refractivity contribution is 0.376. The van der Waals surface area contributed by atoms with Crippen LogP contribution in [0.25, 0.3) is 118 Å². The lowest BCUT2D eigenvalue weighted by Gasteiger charge is -2.44. The zero-order valence-corrected chi connectivity index (χ0v) is 57.6. The summed E-state index contributed by atoms with van der Waals surface area (Å²) in [6.07, 6.45) is 7.11. The van der Waals surface area contributed by atoms with Gasteiger partial charge in [0, 0.05) is 67.5 Å². The highest BCUT2D eigenvalue weighted by Gasteiger charge is 2.58. The third-order valence-electron chi connectivity index (χ3n) is 22.6. The molecular formula is C100H64N4O2. The number of hydrogen-bond donors (Lipinski definition) is 0. The summed E-state index contributed by atoms with van der Waals surface area (Å²) in [5.74, 6) is 4.61. The van der Waals surface area contributed by atoms with E-state index in [1.807, 2.05) is 12.1 Å². The minimum absolute atomic E-state index is 0.0467. The highest BCUT2D eigenvalue weighted by atomic mass is 16.5. The van der Waals surface area contributed by atoms with Gasteiger partial charge >= 0.3 is 0 Å². The molecule has 21 rings (SSSR count). The molecule has 0 bridgehead atoms. The monoisotopic (exact) mass is 1350 g/mol. The molecule has 16 aromatic rings. The predicted octanol–water partition coefficient (Wildman–Crippen LogP) is 24.5. The van der Waals surface area contributed by atoms with Gasteiger partial charge in [-0.05, 0) is 132 Å². The minimum Gasteiger partial charge on any atom is -0.457 e. The molecule has 2 spiro atoms. The van der Waals surface area contributed by atoms with Crippen LogP contribution in [0.3, 0.4) is 0 Å². The summed E-state index contributed by atoms with van der Waals surface area (Å²) in [6, 6.07) is 128. The van der Waals surface area contributed by atoms with Crippen molar-refractivity contribution in [1.82, 2.24) is 19.9 Å². The molecule has 0 radical (unpaired) electrons. The van der Waals surface area contributed by atoms with Gasteiger partial charge in [-0.3, -0.25) is 0 Å². The topological polar surface area (TPSA) is 70.0 Å². The molecule has 5 aliphatic rings. The molecular weight excluding hydrogens is 1290 g/mol. The van der Waals surface area contributed by atoms with Crippen molar-refractivity contribution in [2.45, 2.75) is 16.7 Å². The SMILES string of the molecule is C1=CC2C(C(c3cccc(-c4cc(-c5ccccc5-c5ccc6c(c5)C5(c7ccccc7O6)c6ccccc6-c6ccccc65)nc(-c5ccccc5)n4)c3)=C1)c1ccccc1C21c2ccccc2Oc2ccc(-c3ccccc3-c3cc(-c4ccccc4-c4ccccc4)nc(-c4ccccc4)n3)cc21. The van der Waals surface area contributed by atoms with Gasteiger partial charge in [0.1, 0.15) is 23.0 Å². The fourth-order valence-corrected chi connectivity index (χ4v) is 18.2. The van der Waals surface area contributed by atoms with Crippen molar-refractivity contribution in [3.8, 4) is 135 Å². The van der Waals surface area contributed by atoms with Crippen molar-refractivity contribution in [2.24, 2.45) is 5.92 Å². The van der Waals surface area contributed by atoms with Crippen LogP contribution in [0.4, 0.5) is 0 Å². The average molecular weight is 1350 g/mol. The molecule has 106 heavy (non-hydrogen) atoms. The molecule has 6 heteroatoms. The number of rotatable bonds is 10. The Hall–Kier alpha value is -13.7. The predicted molar refractivity (Wildman–Crippen MR) is 427 cm³/mol. The number of nitrogens with zero attached hydrogens (tertiary/aromatic N) is 4. The molecule has 3 atom stereocenters. The van der Waals surface area contributed by atoms with E-state index in [-0.39, 0.29) is 11.8 Å². The zero-order chi connectivity index (χ0) is 69.9. The van der Waals surface area contributed by atoms with Crippen LogP contribution in [-0.2, 0) is 10.8 Å². The first-order valence-electron chi connectivity index (χ1n) is 36.4. The summed E-state index contributed by atoms with van der Waals surface area (Å²) in [7, 11) is 0. The first kappa shape index (κ1) is 61.0. The lowest BCUT2D eigenvalue weighted by Crippen LogP contribution is -2.38. The standard InChI is InChI=1S/C100H64N4O2/c1-4-28-63(29-5-1)70-36-10-13-41-76(70)90-62-91(104-98(103-90)65-32-8-3-9-33-65)78-43-15-12-38-72(78)68-55-57-95-87(60-68)100(84-50-23-25-53-93(84)106-95)82-48-21-18-44-79(82)96-73(45-27-51-85(96)100)66-34-26-35-69(58-66)88-61-89(102-97(101-88)64-30-6-2-7-31-64)77-42-14-11-37-71(77)67-54-56-94-86(59-67)99(83-49-22-24-52-92(83)105-94)80-46-19-16-39-74(80)75-40-17-20-47-81(75)99/h1-62,85,96H. The van der Waals surface area contributed by atoms with Gasteiger partial charge in [-0.15, -0.1) is 0 Å². The van der Waals surface area contributed by atoms with E-state index in [0.717, 1.165) is 140 Å². The maximum atomic E-state index is 7.13. The highest BCUT2D eigenvalue weighted by Crippen LogP contribution is 2.68. The fraction of sp³-hybridized carbons (Fsp3) is 0.0400. The third-order valence-corrected chi connectivity index (χ3v) is 22.6. The third kappa shape index (κ3) is 9.44. The van der Waals surface area contributed by atoms with Gasteiger partial charge in [0.15, 0.2) is 11.6 Å². The summed E-state index contributed by atoms with van der Waals surface area (Å²) in [4.78, 5) is 21.8. The number of para-hydroxylation sites is 2. The first-order chi connectivity index (χ1) is 52.5. The highest BCUT2D eigenvalue weighted by molar-refractivity contribution is 5.93. The Morgan fingerprint density at radius 1 is 0.245 bits per heavy atom. The number of fused-ring (bicyclic) bond motifs is 18. The molecule has 0 saturated heterocycles. The normalized spacial score (nSPS) is 16.2. The van der Waals surface area contributed by atoms with Crippen LogP contribution in [-0.4, -0.2) is 19.9 Å². The van der Waals surface area contributed by atoms with Crippen LogP contribution < -0.4 is 9.47 Å². The lowest BCUT2D eigenvalue weighted by atomic mass is 9.60. The van der Waals surface area contributed by atoms with E-state index in [0.29, 0.717) is 11.6 Å². The van der Waals surface area contributed by atoms with Crippen molar-refractivity contribution in [3.63, 3.8) is 0 Å². The number of hydrogen-bond acceptors (Lipinski definition) is 6. The largest absolute Gasteiger partial charge is 0.457 e. The van der Waals surface area contributed by atoms with Crippen molar-refractivity contribution in [3.05, 3.63) is 426 Å². The van der Waals surface area contributed by atoms with Gasteiger partial charge in [0.25, 0.3) is 0 Å². The number of aromatic nitrogens is 4. The second kappa shape index (κ2) is 24.5. The second-order valence-corrected chi connectivity index (χ2v) is 28.1. The molecule has 496 valence electrons. The molecule has 14 aromatic carbocycles. The maximum absolute atomic E-state index is 7.13. The number of allylic oxidation sites excluding steroid dienone is 4.